The fourth-order valence-corrected chi connectivity index (χ4v) is 4.01. The van der Waals surface area contributed by atoms with Crippen LogP contribution in [0.15, 0.2) is 71.6 Å². The summed E-state index contributed by atoms with van der Waals surface area (Å²) in [5.74, 6) is 0. The Morgan fingerprint density at radius 1 is 0.957 bits per heavy atom. The van der Waals surface area contributed by atoms with E-state index in [9.17, 15) is 8.42 Å². The Balaban J connectivity index is 1.96. The first-order valence-corrected chi connectivity index (χ1v) is 8.99. The Kier molecular flexibility index (Phi) is 4.39. The van der Waals surface area contributed by atoms with Crippen LogP contribution in [0.2, 0.25) is 5.02 Å². The lowest BCUT2D eigenvalue weighted by atomic mass is 10.0. The minimum Gasteiger partial charge on any atom is -0.207 e. The van der Waals surface area contributed by atoms with Crippen molar-refractivity contribution in [2.75, 3.05) is 7.05 Å². The normalized spacial score (nSPS) is 12.0. The summed E-state index contributed by atoms with van der Waals surface area (Å²) in [6.45, 7) is 0.302. The van der Waals surface area contributed by atoms with Crippen LogP contribution in [-0.4, -0.2) is 19.8 Å². The number of hydrogen-bond donors (Lipinski definition) is 0. The molecule has 0 N–H and O–H groups in total. The molecule has 0 amide bonds. The zero-order valence-corrected chi connectivity index (χ0v) is 14.2. The molecule has 0 radical (unpaired) electrons. The molecule has 0 saturated heterocycles. The van der Waals surface area contributed by atoms with Crippen LogP contribution in [0.3, 0.4) is 0 Å². The smallest absolute Gasteiger partial charge is 0.207 e. The fourth-order valence-electron chi connectivity index (χ4n) is 2.56. The predicted molar refractivity (Wildman–Crippen MR) is 94.1 cm³/mol. The van der Waals surface area contributed by atoms with E-state index in [0.717, 1.165) is 16.3 Å². The second-order valence-electron chi connectivity index (χ2n) is 5.36. The van der Waals surface area contributed by atoms with Crippen LogP contribution >= 0.6 is 11.6 Å². The van der Waals surface area contributed by atoms with Crippen molar-refractivity contribution < 1.29 is 8.42 Å². The van der Waals surface area contributed by atoms with Crippen molar-refractivity contribution in [2.24, 2.45) is 0 Å². The molecule has 3 aromatic rings. The van der Waals surface area contributed by atoms with Crippen molar-refractivity contribution in [3.05, 3.63) is 77.3 Å². The van der Waals surface area contributed by atoms with E-state index in [1.807, 2.05) is 42.5 Å². The Hall–Kier alpha value is -1.88. The highest BCUT2D eigenvalue weighted by molar-refractivity contribution is 7.89. The summed E-state index contributed by atoms with van der Waals surface area (Å²) >= 11 is 5.91. The number of benzene rings is 3. The molecule has 5 heteroatoms. The summed E-state index contributed by atoms with van der Waals surface area (Å²) in [7, 11) is -2.00. The standard InChI is InChI=1S/C18H16ClNO2S/c1-20(23(21,22)17-10-5-9-16(19)12-17)13-15-8-4-7-14-6-2-3-11-18(14)15/h2-12H,13H2,1H3. The lowest BCUT2D eigenvalue weighted by Gasteiger charge is -2.18. The van der Waals surface area contributed by atoms with Gasteiger partial charge in [0, 0.05) is 18.6 Å². The van der Waals surface area contributed by atoms with E-state index < -0.39 is 10.0 Å². The summed E-state index contributed by atoms with van der Waals surface area (Å²) < 4.78 is 26.7. The summed E-state index contributed by atoms with van der Waals surface area (Å²) in [6.07, 6.45) is 0. The molecular formula is C18H16ClNO2S. The van der Waals surface area contributed by atoms with Gasteiger partial charge >= 0.3 is 0 Å². The monoisotopic (exact) mass is 345 g/mol. The number of fused-ring (bicyclic) bond motifs is 1. The lowest BCUT2D eigenvalue weighted by molar-refractivity contribution is 0.468. The van der Waals surface area contributed by atoms with Crippen LogP contribution in [0, 0.1) is 0 Å². The molecule has 0 unspecified atom stereocenters. The van der Waals surface area contributed by atoms with Gasteiger partial charge in [0.1, 0.15) is 0 Å². The van der Waals surface area contributed by atoms with Gasteiger partial charge in [0.15, 0.2) is 0 Å². The second-order valence-corrected chi connectivity index (χ2v) is 7.84. The van der Waals surface area contributed by atoms with Crippen LogP contribution in [0.5, 0.6) is 0 Å². The number of hydrogen-bond acceptors (Lipinski definition) is 2. The van der Waals surface area contributed by atoms with Gasteiger partial charge < -0.3 is 0 Å². The van der Waals surface area contributed by atoms with Gasteiger partial charge in [0.25, 0.3) is 0 Å². The second kappa shape index (κ2) is 6.32. The van der Waals surface area contributed by atoms with E-state index in [4.69, 9.17) is 11.6 Å². The molecule has 0 aliphatic rings. The highest BCUT2D eigenvalue weighted by atomic mass is 35.5. The molecule has 0 heterocycles. The van der Waals surface area contributed by atoms with Crippen molar-refractivity contribution in [1.82, 2.24) is 4.31 Å². The van der Waals surface area contributed by atoms with Crippen molar-refractivity contribution in [2.45, 2.75) is 11.4 Å². The maximum atomic E-state index is 12.7. The third-order valence-corrected chi connectivity index (χ3v) is 5.81. The minimum atomic E-state index is -3.58. The van der Waals surface area contributed by atoms with E-state index in [1.54, 1.807) is 25.2 Å². The van der Waals surface area contributed by atoms with Crippen LogP contribution in [0.1, 0.15) is 5.56 Å². The van der Waals surface area contributed by atoms with Crippen LogP contribution in [0.25, 0.3) is 10.8 Å². The molecule has 3 nitrogen and oxygen atoms in total. The molecule has 0 aliphatic carbocycles. The Morgan fingerprint density at radius 3 is 2.43 bits per heavy atom. The quantitative estimate of drug-likeness (QED) is 0.706. The molecule has 0 aromatic heterocycles. The zero-order valence-electron chi connectivity index (χ0n) is 12.6. The van der Waals surface area contributed by atoms with E-state index in [2.05, 4.69) is 0 Å². The Bertz CT molecular complexity index is 949. The molecule has 0 fully saturated rings. The minimum absolute atomic E-state index is 0.202. The van der Waals surface area contributed by atoms with Gasteiger partial charge in [-0.15, -0.1) is 0 Å². The Labute approximate surface area is 141 Å². The third kappa shape index (κ3) is 3.24. The van der Waals surface area contributed by atoms with Crippen molar-refractivity contribution in [3.8, 4) is 0 Å². The molecule has 3 aromatic carbocycles. The highest BCUT2D eigenvalue weighted by Crippen LogP contribution is 2.23. The number of halogens is 1. The van der Waals surface area contributed by atoms with Crippen LogP contribution in [0.4, 0.5) is 0 Å². The average Bonchev–Trinajstić information content (AvgIpc) is 2.55. The van der Waals surface area contributed by atoms with Crippen LogP contribution < -0.4 is 0 Å². The lowest BCUT2D eigenvalue weighted by Crippen LogP contribution is -2.26. The predicted octanol–water partition coefficient (Wildman–Crippen LogP) is 4.31. The highest BCUT2D eigenvalue weighted by Gasteiger charge is 2.21. The van der Waals surface area contributed by atoms with Gasteiger partial charge in [-0.25, -0.2) is 8.42 Å². The van der Waals surface area contributed by atoms with E-state index in [1.165, 1.54) is 10.4 Å². The Morgan fingerprint density at radius 2 is 1.65 bits per heavy atom. The number of nitrogens with zero attached hydrogens (tertiary/aromatic N) is 1. The van der Waals surface area contributed by atoms with Gasteiger partial charge in [0.2, 0.25) is 10.0 Å². The molecule has 118 valence electrons. The fraction of sp³-hybridized carbons (Fsp3) is 0.111. The molecule has 0 aliphatic heterocycles. The van der Waals surface area contributed by atoms with E-state index in [-0.39, 0.29) is 4.90 Å². The van der Waals surface area contributed by atoms with Gasteiger partial charge in [0.05, 0.1) is 4.90 Å². The molecule has 23 heavy (non-hydrogen) atoms. The van der Waals surface area contributed by atoms with E-state index in [0.29, 0.717) is 11.6 Å². The maximum absolute atomic E-state index is 12.7. The summed E-state index contributed by atoms with van der Waals surface area (Å²) in [6, 6.07) is 20.2. The molecular weight excluding hydrogens is 330 g/mol. The number of rotatable bonds is 4. The maximum Gasteiger partial charge on any atom is 0.243 e. The zero-order chi connectivity index (χ0) is 16.4. The van der Waals surface area contributed by atoms with Gasteiger partial charge in [-0.3, -0.25) is 0 Å². The molecule has 0 spiro atoms. The molecule has 3 rings (SSSR count). The summed E-state index contributed by atoms with van der Waals surface area (Å²) in [5, 5.41) is 2.56. The summed E-state index contributed by atoms with van der Waals surface area (Å²) in [5.41, 5.74) is 0.969. The molecule has 0 saturated carbocycles. The first-order valence-electron chi connectivity index (χ1n) is 7.17. The average molecular weight is 346 g/mol. The molecule has 0 bridgehead atoms. The topological polar surface area (TPSA) is 37.4 Å². The largest absolute Gasteiger partial charge is 0.243 e. The van der Waals surface area contributed by atoms with E-state index >= 15 is 0 Å². The van der Waals surface area contributed by atoms with Crippen LogP contribution in [-0.2, 0) is 16.6 Å². The van der Waals surface area contributed by atoms with Crippen molar-refractivity contribution in [3.63, 3.8) is 0 Å². The van der Waals surface area contributed by atoms with Gasteiger partial charge in [-0.05, 0) is 34.5 Å². The first kappa shape index (κ1) is 16.0. The van der Waals surface area contributed by atoms with Gasteiger partial charge in [-0.1, -0.05) is 60.1 Å². The summed E-state index contributed by atoms with van der Waals surface area (Å²) in [4.78, 5) is 0.202. The third-order valence-electron chi connectivity index (χ3n) is 3.78. The first-order chi connectivity index (χ1) is 11.0. The van der Waals surface area contributed by atoms with Gasteiger partial charge in [-0.2, -0.15) is 4.31 Å². The van der Waals surface area contributed by atoms with Crippen molar-refractivity contribution in [1.29, 1.82) is 0 Å². The molecule has 0 atom stereocenters. The van der Waals surface area contributed by atoms with Crippen molar-refractivity contribution >= 4 is 32.4 Å². The number of sulfonamides is 1. The SMILES string of the molecule is CN(Cc1cccc2ccccc12)S(=O)(=O)c1cccc(Cl)c1.